The first-order chi connectivity index (χ1) is 6.58. The maximum atomic E-state index is 11.2. The lowest BCUT2D eigenvalue weighted by Crippen LogP contribution is -2.35. The summed E-state index contributed by atoms with van der Waals surface area (Å²) in [5.41, 5.74) is -0.543. The molecule has 1 heterocycles. The van der Waals surface area contributed by atoms with Gasteiger partial charge in [0.2, 0.25) is 0 Å². The van der Waals surface area contributed by atoms with Gasteiger partial charge in [-0.15, -0.1) is 0 Å². The van der Waals surface area contributed by atoms with E-state index in [0.29, 0.717) is 23.2 Å². The summed E-state index contributed by atoms with van der Waals surface area (Å²) in [5, 5.41) is 18.2. The van der Waals surface area contributed by atoms with Crippen LogP contribution in [0.2, 0.25) is 0 Å². The molecule has 1 aromatic rings. The first kappa shape index (κ1) is 10.9. The number of carboxylic acid groups (broad SMARTS) is 1. The van der Waals surface area contributed by atoms with Crippen molar-refractivity contribution in [2.45, 2.75) is 32.1 Å². The molecule has 0 atom stereocenters. The van der Waals surface area contributed by atoms with Gasteiger partial charge in [0.25, 0.3) is 0 Å². The van der Waals surface area contributed by atoms with Crippen LogP contribution >= 0.6 is 12.2 Å². The Bertz CT molecular complexity index is 378. The summed E-state index contributed by atoms with van der Waals surface area (Å²) in [7, 11) is 0. The van der Waals surface area contributed by atoms with E-state index in [-0.39, 0.29) is 0 Å². The molecule has 78 valence electrons. The molecule has 0 aliphatic heterocycles. The van der Waals surface area contributed by atoms with Gasteiger partial charge in [0.15, 0.2) is 0 Å². The number of hydrogen-bond donors (Lipinski definition) is 3. The predicted molar refractivity (Wildman–Crippen MR) is 53.7 cm³/mol. The van der Waals surface area contributed by atoms with Crippen molar-refractivity contribution in [2.75, 3.05) is 0 Å². The molecule has 3 N–H and O–H groups in total. The van der Waals surface area contributed by atoms with Gasteiger partial charge in [-0.3, -0.25) is 9.89 Å². The lowest BCUT2D eigenvalue weighted by molar-refractivity contribution is -0.144. The molecule has 0 fully saturated rings. The summed E-state index contributed by atoms with van der Waals surface area (Å²) in [5.74, 6) is -0.880. The van der Waals surface area contributed by atoms with Crippen molar-refractivity contribution >= 4 is 18.2 Å². The van der Waals surface area contributed by atoms with Gasteiger partial charge in [0.1, 0.15) is 15.7 Å². The van der Waals surface area contributed by atoms with Gasteiger partial charge < -0.3 is 5.11 Å². The number of hydrogen-bond acceptors (Lipinski definition) is 3. The monoisotopic (exact) mass is 215 g/mol. The molecule has 0 amide bonds. The van der Waals surface area contributed by atoms with Crippen LogP contribution in [-0.4, -0.2) is 26.5 Å². The number of aromatic nitrogens is 3. The minimum absolute atomic E-state index is 0.371. The smallest absolute Gasteiger partial charge is 0.315 e. The van der Waals surface area contributed by atoms with Gasteiger partial charge in [-0.2, -0.15) is 5.10 Å². The number of carbonyl (C=O) groups is 1. The highest BCUT2D eigenvalue weighted by Gasteiger charge is 2.40. The molecule has 0 saturated carbocycles. The molecule has 0 spiro atoms. The molecule has 0 saturated heterocycles. The number of nitrogens with one attached hydrogen (secondary N) is 2. The van der Waals surface area contributed by atoms with Crippen LogP contribution in [0.5, 0.6) is 0 Å². The van der Waals surface area contributed by atoms with E-state index < -0.39 is 11.4 Å². The Balaban J connectivity index is 3.31. The molecule has 0 bridgehead atoms. The van der Waals surface area contributed by atoms with E-state index in [1.54, 1.807) is 0 Å². The summed E-state index contributed by atoms with van der Waals surface area (Å²) in [6.45, 7) is 3.64. The zero-order chi connectivity index (χ0) is 10.8. The van der Waals surface area contributed by atoms with Crippen molar-refractivity contribution in [3.05, 3.63) is 10.3 Å². The van der Waals surface area contributed by atoms with E-state index in [0.717, 1.165) is 0 Å². The molecule has 0 aliphatic rings. The molecule has 0 aromatic carbocycles. The average Bonchev–Trinajstić information content (AvgIpc) is 2.55. The Morgan fingerprint density at radius 2 is 2.14 bits per heavy atom. The molecule has 0 unspecified atom stereocenters. The van der Waals surface area contributed by atoms with Crippen LogP contribution in [0, 0.1) is 4.64 Å². The Labute approximate surface area is 86.5 Å². The van der Waals surface area contributed by atoms with E-state index in [1.807, 2.05) is 13.8 Å². The van der Waals surface area contributed by atoms with Crippen molar-refractivity contribution in [3.8, 4) is 0 Å². The van der Waals surface area contributed by atoms with Crippen LogP contribution < -0.4 is 0 Å². The normalized spacial score (nSPS) is 11.6. The highest BCUT2D eigenvalue weighted by atomic mass is 32.1. The van der Waals surface area contributed by atoms with Crippen molar-refractivity contribution in [1.29, 1.82) is 0 Å². The number of rotatable bonds is 4. The number of aliphatic carboxylic acids is 1. The lowest BCUT2D eigenvalue weighted by Gasteiger charge is -2.23. The van der Waals surface area contributed by atoms with E-state index in [9.17, 15) is 9.90 Å². The Morgan fingerprint density at radius 1 is 1.57 bits per heavy atom. The van der Waals surface area contributed by atoms with Crippen molar-refractivity contribution in [2.24, 2.45) is 0 Å². The largest absolute Gasteiger partial charge is 0.481 e. The van der Waals surface area contributed by atoms with Crippen LogP contribution in [0.3, 0.4) is 0 Å². The second-order valence-electron chi connectivity index (χ2n) is 3.12. The van der Waals surface area contributed by atoms with E-state index in [1.165, 1.54) is 0 Å². The Hall–Kier alpha value is -1.17. The SMILES string of the molecule is CCC(CC)(C(=O)O)c1n[nH][nH]c1=S. The maximum absolute atomic E-state index is 11.2. The van der Waals surface area contributed by atoms with Gasteiger partial charge >= 0.3 is 5.97 Å². The molecule has 14 heavy (non-hydrogen) atoms. The second-order valence-corrected chi connectivity index (χ2v) is 3.53. The number of aromatic amines is 2. The summed E-state index contributed by atoms with van der Waals surface area (Å²) in [6.07, 6.45) is 0.947. The van der Waals surface area contributed by atoms with Crippen molar-refractivity contribution < 1.29 is 9.90 Å². The zero-order valence-electron chi connectivity index (χ0n) is 8.13. The van der Waals surface area contributed by atoms with Gasteiger partial charge in [0, 0.05) is 0 Å². The van der Waals surface area contributed by atoms with Gasteiger partial charge in [0.05, 0.1) is 0 Å². The van der Waals surface area contributed by atoms with Crippen molar-refractivity contribution in [1.82, 2.24) is 15.4 Å². The fraction of sp³-hybridized carbons (Fsp3) is 0.625. The third-order valence-corrected chi connectivity index (χ3v) is 2.92. The number of H-pyrrole nitrogens is 2. The van der Waals surface area contributed by atoms with E-state index >= 15 is 0 Å². The van der Waals surface area contributed by atoms with Crippen LogP contribution in [0.4, 0.5) is 0 Å². The summed E-state index contributed by atoms with van der Waals surface area (Å²) in [6, 6.07) is 0. The van der Waals surface area contributed by atoms with Crippen LogP contribution in [-0.2, 0) is 10.2 Å². The highest BCUT2D eigenvalue weighted by molar-refractivity contribution is 7.71. The van der Waals surface area contributed by atoms with E-state index in [4.69, 9.17) is 12.2 Å². The molecule has 5 nitrogen and oxygen atoms in total. The molecule has 0 aliphatic carbocycles. The first-order valence-electron chi connectivity index (χ1n) is 4.45. The third kappa shape index (κ3) is 1.45. The quantitative estimate of drug-likeness (QED) is 0.666. The van der Waals surface area contributed by atoms with Gasteiger partial charge in [-0.25, -0.2) is 5.21 Å². The highest BCUT2D eigenvalue weighted by Crippen LogP contribution is 2.30. The standard InChI is InChI=1S/C8H13N3O2S/c1-3-8(4-2,7(12)13)5-6(14)10-11-9-5/h3-4H2,1-2H3,(H,12,13)(H2,9,10,11,14). The Kier molecular flexibility index (Phi) is 3.05. The summed E-state index contributed by atoms with van der Waals surface area (Å²) >= 11 is 4.97. The number of nitrogens with zero attached hydrogens (tertiary/aromatic N) is 1. The van der Waals surface area contributed by atoms with Crippen LogP contribution in [0.25, 0.3) is 0 Å². The molecular weight excluding hydrogens is 202 g/mol. The average molecular weight is 215 g/mol. The van der Waals surface area contributed by atoms with Crippen LogP contribution in [0.1, 0.15) is 32.4 Å². The zero-order valence-corrected chi connectivity index (χ0v) is 8.94. The van der Waals surface area contributed by atoms with Gasteiger partial charge in [-0.1, -0.05) is 26.1 Å². The Morgan fingerprint density at radius 3 is 2.43 bits per heavy atom. The summed E-state index contributed by atoms with van der Waals surface area (Å²) in [4.78, 5) is 11.2. The fourth-order valence-corrected chi connectivity index (χ4v) is 1.84. The molecule has 0 radical (unpaired) electrons. The maximum Gasteiger partial charge on any atom is 0.315 e. The molecular formula is C8H13N3O2S. The topological polar surface area (TPSA) is 81.8 Å². The number of carboxylic acids is 1. The summed E-state index contributed by atoms with van der Waals surface area (Å²) < 4.78 is 0.371. The second kappa shape index (κ2) is 3.91. The van der Waals surface area contributed by atoms with Crippen LogP contribution in [0.15, 0.2) is 0 Å². The minimum Gasteiger partial charge on any atom is -0.481 e. The minimum atomic E-state index is -0.965. The van der Waals surface area contributed by atoms with Gasteiger partial charge in [-0.05, 0) is 12.8 Å². The predicted octanol–water partition coefficient (Wildman–Crippen LogP) is 1.61. The fourth-order valence-electron chi connectivity index (χ4n) is 1.56. The molecule has 1 rings (SSSR count). The molecule has 6 heteroatoms. The van der Waals surface area contributed by atoms with Crippen molar-refractivity contribution in [3.63, 3.8) is 0 Å². The molecule has 1 aromatic heterocycles. The van der Waals surface area contributed by atoms with E-state index in [2.05, 4.69) is 15.4 Å². The third-order valence-electron chi connectivity index (χ3n) is 2.62. The lowest BCUT2D eigenvalue weighted by atomic mass is 9.80. The first-order valence-corrected chi connectivity index (χ1v) is 4.86.